The number of phenolic OH excluding ortho intramolecular Hbond substituents is 3. The molecule has 0 aliphatic carbocycles. The summed E-state index contributed by atoms with van der Waals surface area (Å²) in [5, 5.41) is 60.3. The molecule has 2 aromatic carbocycles. The second-order valence-electron chi connectivity index (χ2n) is 7.90. The standard InChI is InChI=1S/C23H24O10/c1-2-3-14-17(27)19(29)20(30)23(32-14)33-22-18(28)16-13(26)8-12(25)9-15(16)31-21(22)10-4-6-11(24)7-5-10/h4-9,14,17,19-20,23-27,29-30H,2-3H2,1H3. The first-order valence-electron chi connectivity index (χ1n) is 10.4. The summed E-state index contributed by atoms with van der Waals surface area (Å²) in [5.41, 5.74) is -0.641. The largest absolute Gasteiger partial charge is 0.508 e. The van der Waals surface area contributed by atoms with Crippen LogP contribution in [0.5, 0.6) is 23.0 Å². The molecule has 1 aliphatic heterocycles. The number of rotatable bonds is 5. The summed E-state index contributed by atoms with van der Waals surface area (Å²) >= 11 is 0. The smallest absolute Gasteiger partial charge is 0.239 e. The van der Waals surface area contributed by atoms with E-state index in [0.717, 1.165) is 12.1 Å². The second-order valence-corrected chi connectivity index (χ2v) is 7.90. The second kappa shape index (κ2) is 8.91. The number of benzene rings is 2. The third-order valence-corrected chi connectivity index (χ3v) is 5.52. The molecule has 5 unspecified atom stereocenters. The molecule has 33 heavy (non-hydrogen) atoms. The number of fused-ring (bicyclic) bond motifs is 1. The van der Waals surface area contributed by atoms with Gasteiger partial charge in [0.05, 0.1) is 6.10 Å². The third kappa shape index (κ3) is 4.21. The summed E-state index contributed by atoms with van der Waals surface area (Å²) in [6.07, 6.45) is -6.03. The zero-order chi connectivity index (χ0) is 23.9. The SMILES string of the molecule is CCCC1OC(Oc2c(-c3ccc(O)cc3)oc3cc(O)cc(O)c3c2=O)C(O)C(O)C1O. The average Bonchev–Trinajstić information content (AvgIpc) is 2.77. The number of ether oxygens (including phenoxy) is 2. The van der Waals surface area contributed by atoms with Crippen molar-refractivity contribution in [3.63, 3.8) is 0 Å². The molecule has 0 spiro atoms. The van der Waals surface area contributed by atoms with Gasteiger partial charge in [-0.2, -0.15) is 0 Å². The van der Waals surface area contributed by atoms with Crippen LogP contribution < -0.4 is 10.2 Å². The minimum absolute atomic E-state index is 0.0369. The van der Waals surface area contributed by atoms with E-state index in [4.69, 9.17) is 13.9 Å². The highest BCUT2D eigenvalue weighted by atomic mass is 16.7. The minimum Gasteiger partial charge on any atom is -0.508 e. The Labute approximate surface area is 187 Å². The normalized spacial score (nSPS) is 25.3. The first kappa shape index (κ1) is 22.9. The number of hydrogen-bond acceptors (Lipinski definition) is 10. The Balaban J connectivity index is 1.86. The van der Waals surface area contributed by atoms with Crippen LogP contribution in [0.4, 0.5) is 0 Å². The lowest BCUT2D eigenvalue weighted by Crippen LogP contribution is -2.59. The predicted octanol–water partition coefficient (Wildman–Crippen LogP) is 1.56. The topological polar surface area (TPSA) is 170 Å². The van der Waals surface area contributed by atoms with Crippen LogP contribution >= 0.6 is 0 Å². The van der Waals surface area contributed by atoms with Crippen molar-refractivity contribution in [3.05, 3.63) is 46.6 Å². The summed E-state index contributed by atoms with van der Waals surface area (Å²) in [4.78, 5) is 13.3. The van der Waals surface area contributed by atoms with E-state index in [0.29, 0.717) is 18.4 Å². The minimum atomic E-state index is -1.69. The van der Waals surface area contributed by atoms with Crippen molar-refractivity contribution in [2.24, 2.45) is 0 Å². The number of aromatic hydroxyl groups is 3. The first-order valence-corrected chi connectivity index (χ1v) is 10.4. The summed E-state index contributed by atoms with van der Waals surface area (Å²) in [7, 11) is 0. The van der Waals surface area contributed by atoms with Crippen LogP contribution in [0.25, 0.3) is 22.3 Å². The predicted molar refractivity (Wildman–Crippen MR) is 115 cm³/mol. The van der Waals surface area contributed by atoms with Crippen molar-refractivity contribution in [3.8, 4) is 34.3 Å². The van der Waals surface area contributed by atoms with Crippen molar-refractivity contribution in [1.29, 1.82) is 0 Å². The maximum Gasteiger partial charge on any atom is 0.239 e. The van der Waals surface area contributed by atoms with Crippen LogP contribution in [-0.4, -0.2) is 61.3 Å². The molecule has 0 radical (unpaired) electrons. The molecule has 4 rings (SSSR count). The number of phenols is 3. The summed E-state index contributed by atoms with van der Waals surface area (Å²) < 4.78 is 17.1. The highest BCUT2D eigenvalue weighted by molar-refractivity contribution is 5.88. The molecule has 6 N–H and O–H groups in total. The Kier molecular flexibility index (Phi) is 6.17. The van der Waals surface area contributed by atoms with Crippen molar-refractivity contribution in [2.75, 3.05) is 0 Å². The van der Waals surface area contributed by atoms with E-state index in [1.54, 1.807) is 0 Å². The Bertz CT molecular complexity index is 1200. The molecule has 0 bridgehead atoms. The van der Waals surface area contributed by atoms with Crippen molar-refractivity contribution in [2.45, 2.75) is 50.5 Å². The van der Waals surface area contributed by atoms with Gasteiger partial charge in [0.15, 0.2) is 5.76 Å². The Morgan fingerprint density at radius 1 is 0.939 bits per heavy atom. The molecular weight excluding hydrogens is 436 g/mol. The van der Waals surface area contributed by atoms with Gasteiger partial charge < -0.3 is 44.5 Å². The van der Waals surface area contributed by atoms with Crippen LogP contribution in [0.15, 0.2) is 45.6 Å². The lowest BCUT2D eigenvalue weighted by atomic mass is 9.96. The highest BCUT2D eigenvalue weighted by Gasteiger charge is 2.45. The molecule has 1 aromatic heterocycles. The lowest BCUT2D eigenvalue weighted by Gasteiger charge is -2.40. The van der Waals surface area contributed by atoms with Crippen LogP contribution in [0, 0.1) is 0 Å². The van der Waals surface area contributed by atoms with Gasteiger partial charge in [-0.15, -0.1) is 0 Å². The van der Waals surface area contributed by atoms with Crippen molar-refractivity contribution >= 4 is 11.0 Å². The molecule has 1 aliphatic rings. The molecule has 0 amide bonds. The lowest BCUT2D eigenvalue weighted by molar-refractivity contribution is -0.273. The molecule has 176 valence electrons. The molecular formula is C23H24O10. The van der Waals surface area contributed by atoms with Crippen molar-refractivity contribution in [1.82, 2.24) is 0 Å². The van der Waals surface area contributed by atoms with Crippen LogP contribution in [0.2, 0.25) is 0 Å². The molecule has 2 heterocycles. The average molecular weight is 460 g/mol. The van der Waals surface area contributed by atoms with Gasteiger partial charge in [-0.25, -0.2) is 0 Å². The Hall–Kier alpha value is -3.31. The first-order chi connectivity index (χ1) is 15.7. The summed E-state index contributed by atoms with van der Waals surface area (Å²) in [5.74, 6) is -1.48. The van der Waals surface area contributed by atoms with Gasteiger partial charge in [0.1, 0.15) is 46.5 Å². The molecule has 10 heteroatoms. The maximum absolute atomic E-state index is 13.3. The van der Waals surface area contributed by atoms with E-state index in [-0.39, 0.29) is 28.2 Å². The molecule has 5 atom stereocenters. The van der Waals surface area contributed by atoms with E-state index in [1.807, 2.05) is 6.92 Å². The van der Waals surface area contributed by atoms with Gasteiger partial charge in [0.2, 0.25) is 17.5 Å². The van der Waals surface area contributed by atoms with Gasteiger partial charge in [-0.1, -0.05) is 13.3 Å². The van der Waals surface area contributed by atoms with E-state index in [9.17, 15) is 35.4 Å². The third-order valence-electron chi connectivity index (χ3n) is 5.52. The van der Waals surface area contributed by atoms with E-state index < -0.39 is 47.6 Å². The number of aliphatic hydroxyl groups excluding tert-OH is 3. The van der Waals surface area contributed by atoms with Gasteiger partial charge in [0.25, 0.3) is 0 Å². The van der Waals surface area contributed by atoms with Gasteiger partial charge in [-0.3, -0.25) is 4.79 Å². The van der Waals surface area contributed by atoms with E-state index >= 15 is 0 Å². The van der Waals surface area contributed by atoms with Crippen LogP contribution in [0.1, 0.15) is 19.8 Å². The van der Waals surface area contributed by atoms with Gasteiger partial charge >= 0.3 is 0 Å². The molecule has 1 saturated heterocycles. The van der Waals surface area contributed by atoms with Crippen molar-refractivity contribution < 1.29 is 44.5 Å². The summed E-state index contributed by atoms with van der Waals surface area (Å²) in [6.45, 7) is 1.85. The highest BCUT2D eigenvalue weighted by Crippen LogP contribution is 2.37. The zero-order valence-corrected chi connectivity index (χ0v) is 17.6. The fourth-order valence-electron chi connectivity index (χ4n) is 3.83. The number of hydrogen-bond donors (Lipinski definition) is 6. The molecule has 1 fully saturated rings. The van der Waals surface area contributed by atoms with Crippen LogP contribution in [0.3, 0.4) is 0 Å². The Morgan fingerprint density at radius 3 is 2.30 bits per heavy atom. The van der Waals surface area contributed by atoms with E-state index in [1.165, 1.54) is 24.3 Å². The quantitative estimate of drug-likeness (QED) is 0.328. The molecule has 10 nitrogen and oxygen atoms in total. The monoisotopic (exact) mass is 460 g/mol. The molecule has 0 saturated carbocycles. The summed E-state index contributed by atoms with van der Waals surface area (Å²) in [6, 6.07) is 7.72. The maximum atomic E-state index is 13.3. The zero-order valence-electron chi connectivity index (χ0n) is 17.6. The van der Waals surface area contributed by atoms with Gasteiger partial charge in [-0.05, 0) is 30.7 Å². The Morgan fingerprint density at radius 2 is 1.64 bits per heavy atom. The fourth-order valence-corrected chi connectivity index (χ4v) is 3.83. The van der Waals surface area contributed by atoms with Crippen LogP contribution in [-0.2, 0) is 4.74 Å². The van der Waals surface area contributed by atoms with E-state index in [2.05, 4.69) is 0 Å². The fraction of sp³-hybridized carbons (Fsp3) is 0.348. The number of aliphatic hydroxyl groups is 3. The van der Waals surface area contributed by atoms with Gasteiger partial charge in [0, 0.05) is 17.7 Å². The molecule has 3 aromatic rings.